The predicted molar refractivity (Wildman–Crippen MR) is 54.3 cm³/mol. The van der Waals surface area contributed by atoms with Crippen LogP contribution in [0.15, 0.2) is 12.4 Å². The van der Waals surface area contributed by atoms with E-state index in [0.29, 0.717) is 5.25 Å². The van der Waals surface area contributed by atoms with Gasteiger partial charge in [0.2, 0.25) is 0 Å². The molecule has 1 heterocycles. The summed E-state index contributed by atoms with van der Waals surface area (Å²) < 4.78 is 2.19. The molecule has 2 nitrogen and oxygen atoms in total. The van der Waals surface area contributed by atoms with Crippen molar-refractivity contribution in [1.29, 1.82) is 0 Å². The maximum Gasteiger partial charge on any atom is 0.118 e. The summed E-state index contributed by atoms with van der Waals surface area (Å²) in [4.78, 5) is 4.30. The van der Waals surface area contributed by atoms with Crippen LogP contribution in [0.25, 0.3) is 0 Å². The molecule has 1 aromatic heterocycles. The normalized spacial score (nSPS) is 11.0. The summed E-state index contributed by atoms with van der Waals surface area (Å²) in [6.07, 6.45) is 3.91. The largest absolute Gasteiger partial charge is 0.335 e. The van der Waals surface area contributed by atoms with Crippen LogP contribution in [0.1, 0.15) is 26.6 Å². The molecule has 12 heavy (non-hydrogen) atoms. The Labute approximate surface area is 78.4 Å². The lowest BCUT2D eigenvalue weighted by molar-refractivity contribution is 0.725. The first-order valence-corrected chi connectivity index (χ1v) is 5.40. The second kappa shape index (κ2) is 4.55. The zero-order valence-electron chi connectivity index (χ0n) is 7.95. The summed E-state index contributed by atoms with van der Waals surface area (Å²) in [5.41, 5.74) is 0. The Balaban J connectivity index is 2.50. The monoisotopic (exact) mass is 184 g/mol. The number of imidazole rings is 1. The van der Waals surface area contributed by atoms with Gasteiger partial charge < -0.3 is 4.57 Å². The minimum Gasteiger partial charge on any atom is -0.335 e. The van der Waals surface area contributed by atoms with Crippen LogP contribution < -0.4 is 0 Å². The number of rotatable bonds is 4. The molecule has 3 heteroatoms. The summed E-state index contributed by atoms with van der Waals surface area (Å²) in [5.74, 6) is 2.22. The third-order valence-corrected chi connectivity index (χ3v) is 2.78. The van der Waals surface area contributed by atoms with E-state index in [9.17, 15) is 0 Å². The summed E-state index contributed by atoms with van der Waals surface area (Å²) in [6.45, 7) is 7.59. The Bertz CT molecular complexity index is 230. The van der Waals surface area contributed by atoms with Crippen molar-refractivity contribution in [2.45, 2.75) is 38.3 Å². The van der Waals surface area contributed by atoms with Crippen molar-refractivity contribution in [2.24, 2.45) is 0 Å². The van der Waals surface area contributed by atoms with Gasteiger partial charge in [0.05, 0.1) is 5.75 Å². The molecule has 1 rings (SSSR count). The van der Waals surface area contributed by atoms with Crippen LogP contribution in [-0.2, 0) is 12.3 Å². The van der Waals surface area contributed by atoms with Crippen LogP contribution in [0.2, 0.25) is 0 Å². The fourth-order valence-corrected chi connectivity index (χ4v) is 1.73. The van der Waals surface area contributed by atoms with E-state index in [1.807, 2.05) is 24.2 Å². The van der Waals surface area contributed by atoms with E-state index in [4.69, 9.17) is 0 Å². The van der Waals surface area contributed by atoms with Crippen molar-refractivity contribution in [1.82, 2.24) is 9.55 Å². The van der Waals surface area contributed by atoms with Crippen molar-refractivity contribution in [3.63, 3.8) is 0 Å². The average molecular weight is 184 g/mol. The van der Waals surface area contributed by atoms with Crippen molar-refractivity contribution in [2.75, 3.05) is 0 Å². The number of nitrogens with zero attached hydrogens (tertiary/aromatic N) is 2. The van der Waals surface area contributed by atoms with Gasteiger partial charge >= 0.3 is 0 Å². The average Bonchev–Trinajstić information content (AvgIpc) is 2.47. The lowest BCUT2D eigenvalue weighted by atomic mass is 10.6. The summed E-state index contributed by atoms with van der Waals surface area (Å²) in [7, 11) is 0. The van der Waals surface area contributed by atoms with Gasteiger partial charge in [0.15, 0.2) is 0 Å². The zero-order chi connectivity index (χ0) is 8.97. The number of aromatic nitrogens is 2. The molecule has 0 unspecified atom stereocenters. The minimum atomic E-state index is 0.687. The van der Waals surface area contributed by atoms with Crippen LogP contribution in [0.4, 0.5) is 0 Å². The van der Waals surface area contributed by atoms with Crippen LogP contribution in [0, 0.1) is 0 Å². The first-order valence-electron chi connectivity index (χ1n) is 4.35. The van der Waals surface area contributed by atoms with Crippen molar-refractivity contribution in [3.05, 3.63) is 18.2 Å². The number of hydrogen-bond donors (Lipinski definition) is 0. The van der Waals surface area contributed by atoms with Gasteiger partial charge in [-0.1, -0.05) is 13.8 Å². The van der Waals surface area contributed by atoms with Gasteiger partial charge in [-0.25, -0.2) is 4.98 Å². The fraction of sp³-hybridized carbons (Fsp3) is 0.667. The van der Waals surface area contributed by atoms with Gasteiger partial charge in [0.25, 0.3) is 0 Å². The van der Waals surface area contributed by atoms with Crippen LogP contribution in [0.3, 0.4) is 0 Å². The van der Waals surface area contributed by atoms with E-state index in [2.05, 4.69) is 30.3 Å². The van der Waals surface area contributed by atoms with E-state index in [-0.39, 0.29) is 0 Å². The first kappa shape index (κ1) is 9.65. The van der Waals surface area contributed by atoms with Gasteiger partial charge in [-0.05, 0) is 12.2 Å². The van der Waals surface area contributed by atoms with E-state index in [1.54, 1.807) is 0 Å². The number of aryl methyl sites for hydroxylation is 1. The highest BCUT2D eigenvalue weighted by molar-refractivity contribution is 7.99. The van der Waals surface area contributed by atoms with Crippen molar-refractivity contribution in [3.8, 4) is 0 Å². The molecule has 0 spiro atoms. The third-order valence-electron chi connectivity index (χ3n) is 1.69. The van der Waals surface area contributed by atoms with Crippen LogP contribution in [0.5, 0.6) is 0 Å². The first-order chi connectivity index (χ1) is 5.74. The summed E-state index contributed by atoms with van der Waals surface area (Å²) >= 11 is 1.94. The van der Waals surface area contributed by atoms with Gasteiger partial charge in [0.1, 0.15) is 5.82 Å². The quantitative estimate of drug-likeness (QED) is 0.715. The standard InChI is InChI=1S/C9H16N2S/c1-4-11-6-5-10-9(11)7-12-8(2)3/h5-6,8H,4,7H2,1-3H3. The predicted octanol–water partition coefficient (Wildman–Crippen LogP) is 2.54. The number of hydrogen-bond acceptors (Lipinski definition) is 2. The van der Waals surface area contributed by atoms with Gasteiger partial charge in [-0.15, -0.1) is 0 Å². The van der Waals surface area contributed by atoms with E-state index in [1.165, 1.54) is 5.82 Å². The second-order valence-electron chi connectivity index (χ2n) is 2.99. The molecule has 0 N–H and O–H groups in total. The molecular weight excluding hydrogens is 168 g/mol. The Kier molecular flexibility index (Phi) is 3.66. The molecule has 68 valence electrons. The molecular formula is C9H16N2S. The lowest BCUT2D eigenvalue weighted by Crippen LogP contribution is -2.00. The van der Waals surface area contributed by atoms with Gasteiger partial charge in [0, 0.05) is 18.9 Å². The Morgan fingerprint density at radius 1 is 1.58 bits per heavy atom. The number of thioether (sulfide) groups is 1. The molecule has 0 aromatic carbocycles. The highest BCUT2D eigenvalue weighted by Gasteiger charge is 2.01. The molecule has 0 fully saturated rings. The minimum absolute atomic E-state index is 0.687. The van der Waals surface area contributed by atoms with E-state index >= 15 is 0 Å². The van der Waals surface area contributed by atoms with Crippen molar-refractivity contribution < 1.29 is 0 Å². The fourth-order valence-electron chi connectivity index (χ4n) is 1.01. The summed E-state index contributed by atoms with van der Waals surface area (Å²) in [6, 6.07) is 0. The van der Waals surface area contributed by atoms with E-state index in [0.717, 1.165) is 12.3 Å². The van der Waals surface area contributed by atoms with E-state index < -0.39 is 0 Å². The zero-order valence-corrected chi connectivity index (χ0v) is 8.77. The topological polar surface area (TPSA) is 17.8 Å². The van der Waals surface area contributed by atoms with Crippen LogP contribution >= 0.6 is 11.8 Å². The lowest BCUT2D eigenvalue weighted by Gasteiger charge is -2.06. The molecule has 0 atom stereocenters. The van der Waals surface area contributed by atoms with Gasteiger partial charge in [-0.3, -0.25) is 0 Å². The molecule has 0 aliphatic heterocycles. The molecule has 0 amide bonds. The van der Waals surface area contributed by atoms with Crippen LogP contribution in [-0.4, -0.2) is 14.8 Å². The molecule has 0 saturated carbocycles. The Morgan fingerprint density at radius 2 is 2.33 bits per heavy atom. The molecule has 0 aliphatic carbocycles. The second-order valence-corrected chi connectivity index (χ2v) is 4.55. The maximum absolute atomic E-state index is 4.30. The molecule has 0 bridgehead atoms. The highest BCUT2D eigenvalue weighted by atomic mass is 32.2. The molecule has 1 aromatic rings. The Hall–Kier alpha value is -0.440. The third kappa shape index (κ3) is 2.55. The smallest absolute Gasteiger partial charge is 0.118 e. The molecule has 0 radical (unpaired) electrons. The molecule has 0 aliphatic rings. The maximum atomic E-state index is 4.30. The highest BCUT2D eigenvalue weighted by Crippen LogP contribution is 2.15. The van der Waals surface area contributed by atoms with Crippen molar-refractivity contribution >= 4 is 11.8 Å². The SMILES string of the molecule is CCn1ccnc1CSC(C)C. The Morgan fingerprint density at radius 3 is 2.92 bits per heavy atom. The molecule has 0 saturated heterocycles. The summed E-state index contributed by atoms with van der Waals surface area (Å²) in [5, 5.41) is 0.687. The van der Waals surface area contributed by atoms with Gasteiger partial charge in [-0.2, -0.15) is 11.8 Å².